The number of methoxy groups -OCH3 is 1. The van der Waals surface area contributed by atoms with Gasteiger partial charge in [0.15, 0.2) is 0 Å². The molecule has 0 aliphatic carbocycles. The summed E-state index contributed by atoms with van der Waals surface area (Å²) in [5, 5.41) is 14.2. The number of hydrogen-bond donors (Lipinski definition) is 2. The number of carbonyl (C=O) groups is 2. The molecule has 2 fully saturated rings. The Labute approximate surface area is 192 Å². The van der Waals surface area contributed by atoms with E-state index in [2.05, 4.69) is 22.8 Å². The maximum Gasteiger partial charge on any atom is 0.490 e. The number of rotatable bonds is 5. The van der Waals surface area contributed by atoms with Crippen molar-refractivity contribution in [2.24, 2.45) is 11.3 Å². The lowest BCUT2D eigenvalue weighted by Gasteiger charge is -2.30. The van der Waals surface area contributed by atoms with Gasteiger partial charge in [-0.1, -0.05) is 6.92 Å². The van der Waals surface area contributed by atoms with Gasteiger partial charge in [-0.15, -0.1) is 0 Å². The quantitative estimate of drug-likeness (QED) is 0.587. The van der Waals surface area contributed by atoms with E-state index in [1.807, 2.05) is 13.4 Å². The number of alkyl halides is 6. The van der Waals surface area contributed by atoms with Gasteiger partial charge in [0, 0.05) is 50.2 Å². The van der Waals surface area contributed by atoms with E-state index in [1.54, 1.807) is 6.26 Å². The maximum absolute atomic E-state index is 10.6. The highest BCUT2D eigenvalue weighted by atomic mass is 19.4. The predicted octanol–water partition coefficient (Wildman–Crippen LogP) is 3.34. The van der Waals surface area contributed by atoms with Gasteiger partial charge in [0.05, 0.1) is 19.1 Å². The Kier molecular flexibility index (Phi) is 10.8. The van der Waals surface area contributed by atoms with Gasteiger partial charge in [-0.3, -0.25) is 4.90 Å². The van der Waals surface area contributed by atoms with Gasteiger partial charge in [-0.05, 0) is 25.6 Å². The highest BCUT2D eigenvalue weighted by molar-refractivity contribution is 5.73. The van der Waals surface area contributed by atoms with Crippen LogP contribution in [0.15, 0.2) is 23.0 Å². The maximum atomic E-state index is 10.6. The Morgan fingerprint density at radius 1 is 1.12 bits per heavy atom. The molecule has 1 aromatic rings. The molecule has 196 valence electrons. The van der Waals surface area contributed by atoms with Gasteiger partial charge < -0.3 is 24.3 Å². The van der Waals surface area contributed by atoms with Crippen molar-refractivity contribution in [1.82, 2.24) is 9.80 Å². The van der Waals surface area contributed by atoms with E-state index in [0.29, 0.717) is 11.3 Å². The van der Waals surface area contributed by atoms with Crippen LogP contribution < -0.4 is 0 Å². The second-order valence-electron chi connectivity index (χ2n) is 8.04. The van der Waals surface area contributed by atoms with Gasteiger partial charge in [0.25, 0.3) is 0 Å². The van der Waals surface area contributed by atoms with Crippen LogP contribution in [0.5, 0.6) is 0 Å². The number of hydrogen-bond acceptors (Lipinski definition) is 6. The summed E-state index contributed by atoms with van der Waals surface area (Å²) in [6.45, 7) is 10.2. The first-order chi connectivity index (χ1) is 15.6. The average molecular weight is 506 g/mol. The fraction of sp³-hybridized carbons (Fsp3) is 0.700. The van der Waals surface area contributed by atoms with Crippen LogP contribution in [0, 0.1) is 11.3 Å². The van der Waals surface area contributed by atoms with Gasteiger partial charge in [0.2, 0.25) is 0 Å². The highest BCUT2D eigenvalue weighted by Crippen LogP contribution is 2.44. The summed E-state index contributed by atoms with van der Waals surface area (Å²) in [6.07, 6.45) is -5.23. The van der Waals surface area contributed by atoms with Crippen molar-refractivity contribution >= 4 is 11.9 Å². The Morgan fingerprint density at radius 3 is 2.06 bits per heavy atom. The molecule has 8 nitrogen and oxygen atoms in total. The summed E-state index contributed by atoms with van der Waals surface area (Å²) in [7, 11) is 1.83. The summed E-state index contributed by atoms with van der Waals surface area (Å²) in [5.41, 5.74) is 1.73. The third-order valence-electron chi connectivity index (χ3n) is 5.63. The van der Waals surface area contributed by atoms with Crippen molar-refractivity contribution in [1.29, 1.82) is 0 Å². The van der Waals surface area contributed by atoms with Gasteiger partial charge >= 0.3 is 24.3 Å². The first-order valence-corrected chi connectivity index (χ1v) is 10.2. The van der Waals surface area contributed by atoms with Crippen molar-refractivity contribution in [2.75, 3.05) is 46.4 Å². The Hall–Kier alpha value is -2.32. The average Bonchev–Trinajstić information content (AvgIpc) is 3.44. The minimum absolute atomic E-state index is 0.440. The molecule has 2 atom stereocenters. The number of nitrogens with zero attached hydrogens (tertiary/aromatic N) is 2. The lowest BCUT2D eigenvalue weighted by atomic mass is 9.77. The molecule has 2 aliphatic rings. The monoisotopic (exact) mass is 506 g/mol. The molecule has 0 saturated carbocycles. The normalized spacial score (nSPS) is 23.2. The molecule has 0 radical (unpaired) electrons. The summed E-state index contributed by atoms with van der Waals surface area (Å²) < 4.78 is 74.1. The van der Waals surface area contributed by atoms with Gasteiger partial charge in [0.1, 0.15) is 0 Å². The number of carboxylic acid groups (broad SMARTS) is 2. The molecule has 0 amide bonds. The van der Waals surface area contributed by atoms with E-state index in [1.165, 1.54) is 38.2 Å². The van der Waals surface area contributed by atoms with Crippen molar-refractivity contribution in [3.05, 3.63) is 24.2 Å². The van der Waals surface area contributed by atoms with Crippen LogP contribution in [0.1, 0.15) is 18.9 Å². The van der Waals surface area contributed by atoms with Crippen LogP contribution in [-0.2, 0) is 20.9 Å². The van der Waals surface area contributed by atoms with Crippen molar-refractivity contribution in [3.8, 4) is 0 Å². The van der Waals surface area contributed by atoms with Crippen molar-refractivity contribution in [3.63, 3.8) is 0 Å². The van der Waals surface area contributed by atoms with E-state index in [-0.39, 0.29) is 0 Å². The molecule has 0 aromatic carbocycles. The largest absolute Gasteiger partial charge is 0.490 e. The molecule has 3 heterocycles. The molecular weight excluding hydrogens is 478 g/mol. The lowest BCUT2D eigenvalue weighted by Crippen LogP contribution is -2.36. The second-order valence-corrected chi connectivity index (χ2v) is 8.04. The lowest BCUT2D eigenvalue weighted by molar-refractivity contribution is -0.193. The summed E-state index contributed by atoms with van der Waals surface area (Å²) in [5.74, 6) is -4.83. The summed E-state index contributed by atoms with van der Waals surface area (Å²) in [4.78, 5) is 23.0. The standard InChI is InChI=1S/C16H26N2O2.2C2HF3O2/c1-3-17-9-15(11-19-2)16(12-17)5-6-18(13-16)8-14-4-7-20-10-14;2*3-2(4,5)1(6)7/h4,7,10,15H,3,5-6,8-9,11-13H2,1-2H3;2*(H,6,7)/t15-,16+;;/m0../s1. The zero-order valence-corrected chi connectivity index (χ0v) is 18.7. The number of ether oxygens (including phenoxy) is 1. The molecule has 1 aromatic heterocycles. The minimum atomic E-state index is -5.08. The third kappa shape index (κ3) is 9.14. The van der Waals surface area contributed by atoms with E-state index in [4.69, 9.17) is 29.0 Å². The van der Waals surface area contributed by atoms with Crippen LogP contribution in [0.2, 0.25) is 0 Å². The molecule has 2 N–H and O–H groups in total. The van der Waals surface area contributed by atoms with Gasteiger partial charge in [-0.25, -0.2) is 9.59 Å². The molecule has 34 heavy (non-hydrogen) atoms. The molecule has 1 spiro atoms. The number of likely N-dealkylation sites (tertiary alicyclic amines) is 2. The predicted molar refractivity (Wildman–Crippen MR) is 106 cm³/mol. The topological polar surface area (TPSA) is 103 Å². The van der Waals surface area contributed by atoms with E-state index in [9.17, 15) is 26.3 Å². The molecule has 14 heteroatoms. The smallest absolute Gasteiger partial charge is 0.475 e. The fourth-order valence-electron chi connectivity index (χ4n) is 4.04. The molecule has 2 aliphatic heterocycles. The van der Waals surface area contributed by atoms with Crippen LogP contribution in [0.4, 0.5) is 26.3 Å². The van der Waals surface area contributed by atoms with Crippen LogP contribution in [0.25, 0.3) is 0 Å². The molecule has 3 rings (SSSR count). The molecule has 0 unspecified atom stereocenters. The van der Waals surface area contributed by atoms with E-state index >= 15 is 0 Å². The van der Waals surface area contributed by atoms with E-state index < -0.39 is 24.3 Å². The SMILES string of the molecule is CCN1C[C@@H](COC)[C@]2(CCN(Cc3ccoc3)C2)C1.O=C(O)C(F)(F)F.O=C(O)C(F)(F)F. The number of carboxylic acids is 2. The molecule has 0 bridgehead atoms. The first kappa shape index (κ1) is 29.7. The minimum Gasteiger partial charge on any atom is -0.475 e. The molecule has 2 saturated heterocycles. The third-order valence-corrected chi connectivity index (χ3v) is 5.63. The second kappa shape index (κ2) is 12.4. The summed E-state index contributed by atoms with van der Waals surface area (Å²) in [6, 6.07) is 2.07. The fourth-order valence-corrected chi connectivity index (χ4v) is 4.04. The Morgan fingerprint density at radius 2 is 1.65 bits per heavy atom. The Balaban J connectivity index is 0.000000343. The van der Waals surface area contributed by atoms with Crippen LogP contribution >= 0.6 is 0 Å². The first-order valence-electron chi connectivity index (χ1n) is 10.2. The highest BCUT2D eigenvalue weighted by Gasteiger charge is 2.49. The number of furan rings is 1. The van der Waals surface area contributed by atoms with Crippen LogP contribution in [0.3, 0.4) is 0 Å². The zero-order chi connectivity index (χ0) is 26.2. The van der Waals surface area contributed by atoms with Crippen LogP contribution in [-0.4, -0.2) is 90.7 Å². The van der Waals surface area contributed by atoms with Crippen molar-refractivity contribution in [2.45, 2.75) is 32.2 Å². The van der Waals surface area contributed by atoms with E-state index in [0.717, 1.165) is 19.7 Å². The Bertz CT molecular complexity index is 747. The number of aliphatic carboxylic acids is 2. The number of halogens is 6. The summed E-state index contributed by atoms with van der Waals surface area (Å²) >= 11 is 0. The zero-order valence-electron chi connectivity index (χ0n) is 18.7. The van der Waals surface area contributed by atoms with Gasteiger partial charge in [-0.2, -0.15) is 26.3 Å². The van der Waals surface area contributed by atoms with Crippen molar-refractivity contribution < 1.29 is 55.3 Å². The molecular formula is C20H28F6N2O6.